The second-order valence-corrected chi connectivity index (χ2v) is 4.56. The molecule has 0 atom stereocenters. The van der Waals surface area contributed by atoms with E-state index in [0.717, 1.165) is 24.2 Å². The quantitative estimate of drug-likeness (QED) is 0.843. The molecule has 2 N–H and O–H groups in total. The third-order valence-corrected chi connectivity index (χ3v) is 2.74. The van der Waals surface area contributed by atoms with Crippen LogP contribution in [0.2, 0.25) is 0 Å². The molecule has 1 aromatic carbocycles. The fraction of sp³-hybridized carbons (Fsp3) is 0.400. The molecule has 0 bridgehead atoms. The zero-order valence-corrected chi connectivity index (χ0v) is 12.4. The Bertz CT molecular complexity index is 590. The van der Waals surface area contributed by atoms with Crippen molar-refractivity contribution < 1.29 is 9.47 Å². The minimum Gasteiger partial charge on any atom is -0.490 e. The number of aromatic nitrogens is 3. The van der Waals surface area contributed by atoms with E-state index in [-0.39, 0.29) is 5.95 Å². The summed E-state index contributed by atoms with van der Waals surface area (Å²) in [5.41, 5.74) is 7.09. The van der Waals surface area contributed by atoms with E-state index in [4.69, 9.17) is 15.2 Å². The molecule has 0 aliphatic rings. The Morgan fingerprint density at radius 1 is 1.05 bits per heavy atom. The fourth-order valence-corrected chi connectivity index (χ4v) is 1.78. The minimum absolute atomic E-state index is 0.148. The summed E-state index contributed by atoms with van der Waals surface area (Å²) in [5.74, 6) is 1.60. The fourth-order valence-electron chi connectivity index (χ4n) is 1.78. The van der Waals surface area contributed by atoms with Gasteiger partial charge in [0.05, 0.1) is 25.1 Å². The summed E-state index contributed by atoms with van der Waals surface area (Å²) in [6, 6.07) is 5.69. The van der Waals surface area contributed by atoms with Gasteiger partial charge in [-0.3, -0.25) is 0 Å². The molecule has 0 unspecified atom stereocenters. The molecular formula is C15H20N4O2. The van der Waals surface area contributed by atoms with Crippen molar-refractivity contribution in [2.45, 2.75) is 26.7 Å². The van der Waals surface area contributed by atoms with Gasteiger partial charge in [0, 0.05) is 5.56 Å². The number of anilines is 1. The number of ether oxygens (including phenoxy) is 2. The normalized spacial score (nSPS) is 10.4. The highest BCUT2D eigenvalue weighted by molar-refractivity contribution is 5.63. The summed E-state index contributed by atoms with van der Waals surface area (Å²) in [5, 5.41) is 7.47. The lowest BCUT2D eigenvalue weighted by Crippen LogP contribution is -2.02. The van der Waals surface area contributed by atoms with Crippen molar-refractivity contribution in [3.63, 3.8) is 0 Å². The zero-order valence-electron chi connectivity index (χ0n) is 12.4. The van der Waals surface area contributed by atoms with Gasteiger partial charge in [0.2, 0.25) is 5.95 Å². The summed E-state index contributed by atoms with van der Waals surface area (Å²) in [4.78, 5) is 4.16. The van der Waals surface area contributed by atoms with Crippen LogP contribution in [0.4, 0.5) is 5.95 Å². The predicted octanol–water partition coefficient (Wildman–Crippen LogP) is 2.70. The molecule has 2 aromatic rings. The first-order chi connectivity index (χ1) is 10.2. The average molecular weight is 288 g/mol. The van der Waals surface area contributed by atoms with Crippen LogP contribution in [0.5, 0.6) is 11.5 Å². The molecule has 0 fully saturated rings. The summed E-state index contributed by atoms with van der Waals surface area (Å²) >= 11 is 0. The van der Waals surface area contributed by atoms with Gasteiger partial charge in [0.1, 0.15) is 0 Å². The van der Waals surface area contributed by atoms with E-state index in [1.54, 1.807) is 6.20 Å². The number of benzene rings is 1. The summed E-state index contributed by atoms with van der Waals surface area (Å²) in [6.45, 7) is 5.42. The molecule has 6 nitrogen and oxygen atoms in total. The third-order valence-electron chi connectivity index (χ3n) is 2.74. The molecule has 0 aliphatic carbocycles. The van der Waals surface area contributed by atoms with E-state index in [0.29, 0.717) is 24.7 Å². The number of nitrogens with two attached hydrogens (primary N) is 1. The Hall–Kier alpha value is -2.37. The first kappa shape index (κ1) is 15.0. The van der Waals surface area contributed by atoms with Gasteiger partial charge in [-0.2, -0.15) is 5.10 Å². The van der Waals surface area contributed by atoms with Crippen LogP contribution in [0, 0.1) is 0 Å². The molecule has 0 amide bonds. The number of nitrogen functional groups attached to an aromatic ring is 1. The molecule has 0 spiro atoms. The molecule has 6 heteroatoms. The molecule has 0 radical (unpaired) electrons. The standard InChI is InChI=1S/C15H20N4O2/c1-3-7-20-13-6-5-11(9-14(13)21-8-4-2)12-10-17-19-15(16)18-12/h5-6,9-10H,3-4,7-8H2,1-2H3,(H2,16,18,19). The third kappa shape index (κ3) is 4.05. The Balaban J connectivity index is 2.31. The lowest BCUT2D eigenvalue weighted by atomic mass is 10.1. The zero-order chi connectivity index (χ0) is 15.1. The number of nitrogens with zero attached hydrogens (tertiary/aromatic N) is 3. The second kappa shape index (κ2) is 7.42. The van der Waals surface area contributed by atoms with Crippen molar-refractivity contribution in [1.82, 2.24) is 15.2 Å². The number of rotatable bonds is 7. The average Bonchev–Trinajstić information content (AvgIpc) is 2.51. The van der Waals surface area contributed by atoms with Gasteiger partial charge in [-0.1, -0.05) is 13.8 Å². The Morgan fingerprint density at radius 3 is 2.43 bits per heavy atom. The minimum atomic E-state index is 0.148. The number of hydrogen-bond acceptors (Lipinski definition) is 6. The van der Waals surface area contributed by atoms with Gasteiger partial charge in [-0.15, -0.1) is 5.10 Å². The molecule has 112 valence electrons. The van der Waals surface area contributed by atoms with Gasteiger partial charge < -0.3 is 15.2 Å². The van der Waals surface area contributed by atoms with Crippen LogP contribution in [-0.4, -0.2) is 28.4 Å². The van der Waals surface area contributed by atoms with Crippen LogP contribution in [0.1, 0.15) is 26.7 Å². The second-order valence-electron chi connectivity index (χ2n) is 4.56. The predicted molar refractivity (Wildman–Crippen MR) is 81.2 cm³/mol. The maximum absolute atomic E-state index is 5.76. The van der Waals surface area contributed by atoms with E-state index in [2.05, 4.69) is 29.0 Å². The van der Waals surface area contributed by atoms with E-state index in [1.807, 2.05) is 18.2 Å². The van der Waals surface area contributed by atoms with Crippen molar-refractivity contribution in [3.05, 3.63) is 24.4 Å². The van der Waals surface area contributed by atoms with E-state index >= 15 is 0 Å². The molecule has 0 aliphatic heterocycles. The van der Waals surface area contributed by atoms with E-state index in [1.165, 1.54) is 0 Å². The van der Waals surface area contributed by atoms with Crippen LogP contribution in [-0.2, 0) is 0 Å². The van der Waals surface area contributed by atoms with Crippen LogP contribution < -0.4 is 15.2 Å². The summed E-state index contributed by atoms with van der Waals surface area (Å²) in [7, 11) is 0. The highest BCUT2D eigenvalue weighted by Crippen LogP contribution is 2.32. The van der Waals surface area contributed by atoms with Crippen molar-refractivity contribution in [2.75, 3.05) is 18.9 Å². The van der Waals surface area contributed by atoms with Gasteiger partial charge in [-0.25, -0.2) is 4.98 Å². The topological polar surface area (TPSA) is 83.2 Å². The van der Waals surface area contributed by atoms with E-state index < -0.39 is 0 Å². The molecule has 0 saturated carbocycles. The van der Waals surface area contributed by atoms with Crippen LogP contribution in [0.3, 0.4) is 0 Å². The summed E-state index contributed by atoms with van der Waals surface area (Å²) < 4.78 is 11.5. The maximum atomic E-state index is 5.76. The largest absolute Gasteiger partial charge is 0.490 e. The molecule has 21 heavy (non-hydrogen) atoms. The monoisotopic (exact) mass is 288 g/mol. The van der Waals surface area contributed by atoms with Gasteiger partial charge in [-0.05, 0) is 31.0 Å². The van der Waals surface area contributed by atoms with Crippen molar-refractivity contribution >= 4 is 5.95 Å². The molecule has 2 rings (SSSR count). The van der Waals surface area contributed by atoms with Gasteiger partial charge in [0.15, 0.2) is 11.5 Å². The highest BCUT2D eigenvalue weighted by atomic mass is 16.5. The van der Waals surface area contributed by atoms with Gasteiger partial charge in [0.25, 0.3) is 0 Å². The molecule has 1 heterocycles. The van der Waals surface area contributed by atoms with E-state index in [9.17, 15) is 0 Å². The highest BCUT2D eigenvalue weighted by Gasteiger charge is 2.09. The first-order valence-corrected chi connectivity index (χ1v) is 7.09. The lowest BCUT2D eigenvalue weighted by molar-refractivity contribution is 0.268. The van der Waals surface area contributed by atoms with Crippen LogP contribution in [0.25, 0.3) is 11.3 Å². The SMILES string of the molecule is CCCOc1ccc(-c2cnnc(N)n2)cc1OCCC. The molecule has 1 aromatic heterocycles. The summed E-state index contributed by atoms with van der Waals surface area (Å²) in [6.07, 6.45) is 3.45. The van der Waals surface area contributed by atoms with Crippen molar-refractivity contribution in [3.8, 4) is 22.8 Å². The van der Waals surface area contributed by atoms with Gasteiger partial charge >= 0.3 is 0 Å². The maximum Gasteiger partial charge on any atom is 0.240 e. The van der Waals surface area contributed by atoms with Crippen molar-refractivity contribution in [2.24, 2.45) is 0 Å². The Labute approximate surface area is 124 Å². The molecular weight excluding hydrogens is 268 g/mol. The smallest absolute Gasteiger partial charge is 0.240 e. The number of hydrogen-bond donors (Lipinski definition) is 1. The molecule has 0 saturated heterocycles. The van der Waals surface area contributed by atoms with Crippen molar-refractivity contribution in [1.29, 1.82) is 0 Å². The lowest BCUT2D eigenvalue weighted by Gasteiger charge is -2.13. The van der Waals surface area contributed by atoms with Crippen LogP contribution in [0.15, 0.2) is 24.4 Å². The first-order valence-electron chi connectivity index (χ1n) is 7.09. The Kier molecular flexibility index (Phi) is 5.31. The Morgan fingerprint density at radius 2 is 1.76 bits per heavy atom. The van der Waals surface area contributed by atoms with Crippen LogP contribution >= 0.6 is 0 Å².